The summed E-state index contributed by atoms with van der Waals surface area (Å²) in [5.74, 6) is 0.148. The fraction of sp³-hybridized carbons (Fsp3) is 0.0870. The molecular weight excluding hydrogens is 410 g/mol. The molecule has 1 aromatic heterocycles. The van der Waals surface area contributed by atoms with Gasteiger partial charge in [-0.25, -0.2) is 5.43 Å². The Morgan fingerprint density at radius 1 is 1.12 bits per heavy atom. The minimum atomic E-state index is -0.493. The highest BCUT2D eigenvalue weighted by Gasteiger charge is 2.17. The van der Waals surface area contributed by atoms with Crippen LogP contribution in [0.2, 0.25) is 0 Å². The van der Waals surface area contributed by atoms with Gasteiger partial charge in [0, 0.05) is 17.7 Å². The molecule has 0 spiro atoms. The zero-order chi connectivity index (χ0) is 22.7. The van der Waals surface area contributed by atoms with Crippen LogP contribution in [-0.2, 0) is 0 Å². The lowest BCUT2D eigenvalue weighted by Gasteiger charge is -2.09. The number of hydrogen-bond acceptors (Lipinski definition) is 6. The van der Waals surface area contributed by atoms with Gasteiger partial charge in [-0.3, -0.25) is 20.0 Å². The average Bonchev–Trinajstić information content (AvgIpc) is 3.31. The van der Waals surface area contributed by atoms with Crippen LogP contribution < -0.4 is 10.2 Å². The molecule has 0 aliphatic rings. The number of rotatable bonds is 6. The van der Waals surface area contributed by atoms with Gasteiger partial charge in [0.15, 0.2) is 0 Å². The number of carbonyl (C=O) groups is 1. The van der Waals surface area contributed by atoms with Gasteiger partial charge in [0.25, 0.3) is 11.6 Å². The van der Waals surface area contributed by atoms with Gasteiger partial charge in [0.05, 0.1) is 29.0 Å². The molecule has 0 saturated heterocycles. The smallest absolute Gasteiger partial charge is 0.289 e. The first-order valence-electron chi connectivity index (χ1n) is 9.69. The molecule has 32 heavy (non-hydrogen) atoms. The Labute approximate surface area is 182 Å². The number of nitrogens with zero attached hydrogens (tertiary/aromatic N) is 3. The third-order valence-corrected chi connectivity index (χ3v) is 4.99. The molecule has 0 aliphatic carbocycles. The Balaban J connectivity index is 1.59. The maximum absolute atomic E-state index is 12.6. The molecule has 0 fully saturated rings. The molecule has 1 amide bonds. The number of hydrazone groups is 1. The molecule has 0 unspecified atom stereocenters. The second-order valence-electron chi connectivity index (χ2n) is 6.98. The van der Waals surface area contributed by atoms with E-state index >= 15 is 0 Å². The normalized spacial score (nSPS) is 11.4. The lowest BCUT2D eigenvalue weighted by molar-refractivity contribution is -0.384. The lowest BCUT2D eigenvalue weighted by Crippen LogP contribution is -2.19. The predicted molar refractivity (Wildman–Crippen MR) is 121 cm³/mol. The summed E-state index contributed by atoms with van der Waals surface area (Å²) in [6.07, 6.45) is 0. The number of non-ortho nitro benzene ring substituents is 1. The molecule has 9 heteroatoms. The summed E-state index contributed by atoms with van der Waals surface area (Å²) < 4.78 is 5.51. The minimum Gasteiger partial charge on any atom is -0.496 e. The molecule has 0 aliphatic heterocycles. The van der Waals surface area contributed by atoms with E-state index in [-0.39, 0.29) is 11.4 Å². The van der Waals surface area contributed by atoms with Crippen LogP contribution in [0.4, 0.5) is 5.69 Å². The predicted octanol–water partition coefficient (Wildman–Crippen LogP) is 4.30. The van der Waals surface area contributed by atoms with Gasteiger partial charge in [-0.1, -0.05) is 42.5 Å². The van der Waals surface area contributed by atoms with Gasteiger partial charge in [-0.2, -0.15) is 10.2 Å². The number of H-pyrrole nitrogens is 1. The van der Waals surface area contributed by atoms with Crippen molar-refractivity contribution in [3.63, 3.8) is 0 Å². The Morgan fingerprint density at radius 2 is 1.94 bits per heavy atom. The second-order valence-corrected chi connectivity index (χ2v) is 6.98. The third kappa shape index (κ3) is 4.04. The van der Waals surface area contributed by atoms with Crippen molar-refractivity contribution in [2.24, 2.45) is 5.10 Å². The summed E-state index contributed by atoms with van der Waals surface area (Å²) in [4.78, 5) is 23.1. The van der Waals surface area contributed by atoms with Crippen molar-refractivity contribution in [1.82, 2.24) is 15.6 Å². The van der Waals surface area contributed by atoms with Gasteiger partial charge in [-0.05, 0) is 29.8 Å². The zero-order valence-electron chi connectivity index (χ0n) is 17.3. The first-order chi connectivity index (χ1) is 15.5. The van der Waals surface area contributed by atoms with Crippen LogP contribution in [0, 0.1) is 10.1 Å². The molecule has 0 atom stereocenters. The van der Waals surface area contributed by atoms with E-state index in [4.69, 9.17) is 4.74 Å². The van der Waals surface area contributed by atoms with Crippen LogP contribution in [0.1, 0.15) is 23.0 Å². The number of fused-ring (bicyclic) bond motifs is 1. The van der Waals surface area contributed by atoms with Gasteiger partial charge < -0.3 is 4.74 Å². The summed E-state index contributed by atoms with van der Waals surface area (Å²) in [6.45, 7) is 1.65. The molecule has 160 valence electrons. The summed E-state index contributed by atoms with van der Waals surface area (Å²) in [5, 5.41) is 24.0. The van der Waals surface area contributed by atoms with Gasteiger partial charge in [0.2, 0.25) is 0 Å². The number of benzene rings is 3. The molecular formula is C23H19N5O4. The number of carbonyl (C=O) groups excluding carboxylic acids is 1. The highest BCUT2D eigenvalue weighted by atomic mass is 16.6. The largest absolute Gasteiger partial charge is 0.496 e. The highest BCUT2D eigenvalue weighted by molar-refractivity contribution is 6.02. The van der Waals surface area contributed by atoms with Crippen molar-refractivity contribution in [1.29, 1.82) is 0 Å². The summed E-state index contributed by atoms with van der Waals surface area (Å²) in [5.41, 5.74) is 4.91. The van der Waals surface area contributed by atoms with Crippen molar-refractivity contribution < 1.29 is 14.5 Å². The Hall–Kier alpha value is -4.53. The molecule has 9 nitrogen and oxygen atoms in total. The molecule has 4 rings (SSSR count). The first kappa shape index (κ1) is 20.7. The van der Waals surface area contributed by atoms with Crippen molar-refractivity contribution in [2.45, 2.75) is 6.92 Å². The quantitative estimate of drug-likeness (QED) is 0.269. The van der Waals surface area contributed by atoms with E-state index in [2.05, 4.69) is 20.7 Å². The third-order valence-electron chi connectivity index (χ3n) is 4.99. The van der Waals surface area contributed by atoms with Crippen molar-refractivity contribution >= 4 is 28.1 Å². The van der Waals surface area contributed by atoms with E-state index < -0.39 is 10.8 Å². The number of nitrogens with one attached hydrogen (secondary N) is 2. The number of aromatic amines is 1. The fourth-order valence-electron chi connectivity index (χ4n) is 3.36. The zero-order valence-corrected chi connectivity index (χ0v) is 17.3. The van der Waals surface area contributed by atoms with E-state index in [9.17, 15) is 14.9 Å². The molecule has 4 aromatic rings. The van der Waals surface area contributed by atoms with Crippen LogP contribution >= 0.6 is 0 Å². The topological polar surface area (TPSA) is 123 Å². The molecule has 1 heterocycles. The number of nitro benzene ring substituents is 1. The first-order valence-corrected chi connectivity index (χ1v) is 9.69. The maximum atomic E-state index is 12.6. The SMILES string of the molecule is COc1ccc2ccccc2c1-c1cc(C(=O)N/N=C(/C)c2cccc([N+](=O)[O-])c2)[nH]n1. The lowest BCUT2D eigenvalue weighted by atomic mass is 10.0. The van der Waals surface area contributed by atoms with E-state index in [0.717, 1.165) is 16.3 Å². The van der Waals surface area contributed by atoms with Crippen molar-refractivity contribution in [3.05, 3.63) is 88.1 Å². The van der Waals surface area contributed by atoms with Crippen LogP contribution in [0.15, 0.2) is 71.8 Å². The van der Waals surface area contributed by atoms with Gasteiger partial charge >= 0.3 is 0 Å². The highest BCUT2D eigenvalue weighted by Crippen LogP contribution is 2.36. The number of methoxy groups -OCH3 is 1. The molecule has 0 saturated carbocycles. The summed E-state index contributed by atoms with van der Waals surface area (Å²) in [7, 11) is 1.58. The maximum Gasteiger partial charge on any atom is 0.289 e. The molecule has 3 aromatic carbocycles. The monoisotopic (exact) mass is 429 g/mol. The molecule has 0 radical (unpaired) electrons. The fourth-order valence-corrected chi connectivity index (χ4v) is 3.36. The molecule has 2 N–H and O–H groups in total. The van der Waals surface area contributed by atoms with Crippen LogP contribution in [0.3, 0.4) is 0 Å². The Bertz CT molecular complexity index is 1360. The van der Waals surface area contributed by atoms with E-state index in [0.29, 0.717) is 22.7 Å². The van der Waals surface area contributed by atoms with Crippen LogP contribution in [0.5, 0.6) is 5.75 Å². The second kappa shape index (κ2) is 8.68. The summed E-state index contributed by atoms with van der Waals surface area (Å²) in [6, 6.07) is 19.3. The van der Waals surface area contributed by atoms with E-state index in [1.54, 1.807) is 32.2 Å². The Kier molecular flexibility index (Phi) is 5.63. The standard InChI is InChI=1S/C23H19N5O4/c1-14(16-7-5-8-17(12-16)28(30)31)24-27-23(29)20-13-19(25-26-20)22-18-9-4-3-6-15(18)10-11-21(22)32-2/h3-13H,1-2H3,(H,25,26)(H,27,29)/b24-14-. The number of ether oxygens (including phenoxy) is 1. The Morgan fingerprint density at radius 3 is 2.72 bits per heavy atom. The van der Waals surface area contributed by atoms with Crippen LogP contribution in [0.25, 0.3) is 22.0 Å². The minimum absolute atomic E-state index is 0.0504. The average molecular weight is 429 g/mol. The number of aromatic nitrogens is 2. The van der Waals surface area contributed by atoms with Gasteiger partial charge in [0.1, 0.15) is 11.4 Å². The van der Waals surface area contributed by atoms with Gasteiger partial charge in [-0.15, -0.1) is 0 Å². The van der Waals surface area contributed by atoms with Crippen LogP contribution in [-0.4, -0.2) is 33.8 Å². The summed E-state index contributed by atoms with van der Waals surface area (Å²) >= 11 is 0. The van der Waals surface area contributed by atoms with E-state index in [1.807, 2.05) is 36.4 Å². The number of hydrogen-bond donors (Lipinski definition) is 2. The van der Waals surface area contributed by atoms with E-state index in [1.165, 1.54) is 12.1 Å². The number of amides is 1. The van der Waals surface area contributed by atoms with Crippen molar-refractivity contribution in [2.75, 3.05) is 7.11 Å². The molecule has 0 bridgehead atoms. The number of nitro groups is 1. The van der Waals surface area contributed by atoms with Crippen molar-refractivity contribution in [3.8, 4) is 17.0 Å².